The van der Waals surface area contributed by atoms with Crippen molar-refractivity contribution in [3.8, 4) is 5.75 Å². The Morgan fingerprint density at radius 1 is 1.38 bits per heavy atom. The molecule has 0 bridgehead atoms. The Morgan fingerprint density at radius 3 is 2.81 bits per heavy atom. The smallest absolute Gasteiger partial charge is 0.141 e. The molecule has 1 aliphatic rings. The van der Waals surface area contributed by atoms with Crippen LogP contribution < -0.4 is 4.74 Å². The molecule has 1 aromatic heterocycles. The van der Waals surface area contributed by atoms with Crippen molar-refractivity contribution in [2.75, 3.05) is 13.2 Å². The molecule has 0 atom stereocenters. The monoisotopic (exact) mass is 221 g/mol. The highest BCUT2D eigenvalue weighted by atomic mass is 16.5. The largest absolute Gasteiger partial charge is 0.488 e. The highest BCUT2D eigenvalue weighted by Gasteiger charge is 2.17. The first-order chi connectivity index (χ1) is 7.77. The third-order valence-electron chi connectivity index (χ3n) is 2.81. The molecule has 0 unspecified atom stereocenters. The van der Waals surface area contributed by atoms with Crippen molar-refractivity contribution in [2.24, 2.45) is 0 Å². The summed E-state index contributed by atoms with van der Waals surface area (Å²) in [6.45, 7) is 5.89. The van der Waals surface area contributed by atoms with Crippen LogP contribution in [0, 0.1) is 0 Å². The quantitative estimate of drug-likeness (QED) is 0.786. The molecule has 3 nitrogen and oxygen atoms in total. The Morgan fingerprint density at radius 2 is 2.12 bits per heavy atom. The van der Waals surface area contributed by atoms with Gasteiger partial charge in [0.25, 0.3) is 0 Å². The summed E-state index contributed by atoms with van der Waals surface area (Å²) in [6.07, 6.45) is 4.07. The maximum atomic E-state index is 6.01. The molecule has 1 aliphatic heterocycles. The fourth-order valence-corrected chi connectivity index (χ4v) is 1.91. The van der Waals surface area contributed by atoms with Gasteiger partial charge in [0.2, 0.25) is 0 Å². The van der Waals surface area contributed by atoms with E-state index in [0.717, 1.165) is 37.5 Å². The van der Waals surface area contributed by atoms with E-state index >= 15 is 0 Å². The maximum absolute atomic E-state index is 6.01. The molecular formula is C13H19NO2. The van der Waals surface area contributed by atoms with E-state index in [4.69, 9.17) is 9.47 Å². The maximum Gasteiger partial charge on any atom is 0.141 e. The third kappa shape index (κ3) is 2.73. The molecule has 3 heteroatoms. The Balaban J connectivity index is 2.07. The second kappa shape index (κ2) is 5.30. The second-order valence-electron chi connectivity index (χ2n) is 4.47. The number of rotatable bonds is 3. The Kier molecular flexibility index (Phi) is 3.78. The van der Waals surface area contributed by atoms with Crippen molar-refractivity contribution in [2.45, 2.75) is 38.7 Å². The van der Waals surface area contributed by atoms with Crippen molar-refractivity contribution in [1.29, 1.82) is 0 Å². The van der Waals surface area contributed by atoms with E-state index in [0.29, 0.717) is 5.92 Å². The summed E-state index contributed by atoms with van der Waals surface area (Å²) in [6, 6.07) is 3.94. The molecule has 2 rings (SSSR count). The second-order valence-corrected chi connectivity index (χ2v) is 4.47. The van der Waals surface area contributed by atoms with Crippen LogP contribution in [-0.2, 0) is 4.74 Å². The van der Waals surface area contributed by atoms with Crippen LogP contribution in [0.3, 0.4) is 0 Å². The van der Waals surface area contributed by atoms with Crippen molar-refractivity contribution in [3.05, 3.63) is 24.0 Å². The van der Waals surface area contributed by atoms with Crippen LogP contribution in [0.4, 0.5) is 0 Å². The minimum Gasteiger partial charge on any atom is -0.488 e. The summed E-state index contributed by atoms with van der Waals surface area (Å²) in [5, 5.41) is 0. The molecule has 0 amide bonds. The van der Waals surface area contributed by atoms with Gasteiger partial charge in [-0.25, -0.2) is 0 Å². The van der Waals surface area contributed by atoms with Crippen LogP contribution in [-0.4, -0.2) is 24.3 Å². The molecule has 0 spiro atoms. The predicted molar refractivity (Wildman–Crippen MR) is 62.8 cm³/mol. The Bertz CT molecular complexity index is 332. The van der Waals surface area contributed by atoms with Crippen LogP contribution in [0.5, 0.6) is 5.75 Å². The summed E-state index contributed by atoms with van der Waals surface area (Å²) in [4.78, 5) is 4.39. The van der Waals surface area contributed by atoms with Gasteiger partial charge in [0.05, 0.1) is 18.9 Å². The van der Waals surface area contributed by atoms with E-state index in [9.17, 15) is 0 Å². The topological polar surface area (TPSA) is 31.4 Å². The van der Waals surface area contributed by atoms with Crippen molar-refractivity contribution in [1.82, 2.24) is 4.98 Å². The van der Waals surface area contributed by atoms with E-state index in [1.54, 1.807) is 0 Å². The molecular weight excluding hydrogens is 202 g/mol. The molecule has 0 saturated carbocycles. The highest BCUT2D eigenvalue weighted by Crippen LogP contribution is 2.26. The van der Waals surface area contributed by atoms with Crippen molar-refractivity contribution < 1.29 is 9.47 Å². The summed E-state index contributed by atoms with van der Waals surface area (Å²) < 4.78 is 11.3. The van der Waals surface area contributed by atoms with E-state index in [2.05, 4.69) is 18.8 Å². The van der Waals surface area contributed by atoms with Crippen LogP contribution in [0.25, 0.3) is 0 Å². The molecule has 1 saturated heterocycles. The molecule has 0 aliphatic carbocycles. The fraction of sp³-hybridized carbons (Fsp3) is 0.615. The minimum absolute atomic E-state index is 0.287. The van der Waals surface area contributed by atoms with Gasteiger partial charge < -0.3 is 9.47 Å². The Hall–Kier alpha value is -1.09. The molecule has 1 fully saturated rings. The molecule has 2 heterocycles. The lowest BCUT2D eigenvalue weighted by Gasteiger charge is -2.24. The first-order valence-corrected chi connectivity index (χ1v) is 5.96. The van der Waals surface area contributed by atoms with Gasteiger partial charge in [-0.15, -0.1) is 0 Å². The van der Waals surface area contributed by atoms with Crippen molar-refractivity contribution in [3.63, 3.8) is 0 Å². The molecule has 88 valence electrons. The standard InChI is InChI=1S/C13H19NO2/c1-10(2)13-12(4-3-7-14-13)16-11-5-8-15-9-6-11/h3-4,7,10-11H,5-6,8-9H2,1-2H3. The zero-order valence-electron chi connectivity index (χ0n) is 9.98. The van der Waals surface area contributed by atoms with Crippen LogP contribution >= 0.6 is 0 Å². The summed E-state index contributed by atoms with van der Waals surface area (Å²) in [7, 11) is 0. The van der Waals surface area contributed by atoms with Gasteiger partial charge in [-0.3, -0.25) is 4.98 Å². The molecule has 16 heavy (non-hydrogen) atoms. The van der Waals surface area contributed by atoms with E-state index in [-0.39, 0.29) is 6.10 Å². The summed E-state index contributed by atoms with van der Waals surface area (Å²) >= 11 is 0. The normalized spacial score (nSPS) is 17.7. The van der Waals surface area contributed by atoms with E-state index in [1.807, 2.05) is 18.3 Å². The van der Waals surface area contributed by atoms with Gasteiger partial charge >= 0.3 is 0 Å². The summed E-state index contributed by atoms with van der Waals surface area (Å²) in [5.74, 6) is 1.33. The predicted octanol–water partition coefficient (Wildman–Crippen LogP) is 2.76. The zero-order chi connectivity index (χ0) is 11.4. The lowest BCUT2D eigenvalue weighted by atomic mass is 10.1. The average Bonchev–Trinajstić information content (AvgIpc) is 2.31. The van der Waals surface area contributed by atoms with Crippen LogP contribution in [0.15, 0.2) is 18.3 Å². The van der Waals surface area contributed by atoms with Gasteiger partial charge in [-0.1, -0.05) is 13.8 Å². The van der Waals surface area contributed by atoms with Gasteiger partial charge in [0, 0.05) is 19.0 Å². The molecule has 0 N–H and O–H groups in total. The number of nitrogens with zero attached hydrogens (tertiary/aromatic N) is 1. The number of aromatic nitrogens is 1. The zero-order valence-corrected chi connectivity index (χ0v) is 9.98. The number of hydrogen-bond acceptors (Lipinski definition) is 3. The lowest BCUT2D eigenvalue weighted by molar-refractivity contribution is 0.0249. The number of hydrogen-bond donors (Lipinski definition) is 0. The molecule has 0 aromatic carbocycles. The first kappa shape index (κ1) is 11.4. The average molecular weight is 221 g/mol. The van der Waals surface area contributed by atoms with E-state index in [1.165, 1.54) is 0 Å². The fourth-order valence-electron chi connectivity index (χ4n) is 1.91. The van der Waals surface area contributed by atoms with Gasteiger partial charge in [0.1, 0.15) is 11.9 Å². The minimum atomic E-state index is 0.287. The Labute approximate surface area is 96.8 Å². The van der Waals surface area contributed by atoms with E-state index < -0.39 is 0 Å². The SMILES string of the molecule is CC(C)c1ncccc1OC1CCOCC1. The molecule has 1 aromatic rings. The molecule has 0 radical (unpaired) electrons. The summed E-state index contributed by atoms with van der Waals surface area (Å²) in [5.41, 5.74) is 1.05. The van der Waals surface area contributed by atoms with Gasteiger partial charge in [0.15, 0.2) is 0 Å². The first-order valence-electron chi connectivity index (χ1n) is 5.96. The number of ether oxygens (including phenoxy) is 2. The van der Waals surface area contributed by atoms with Crippen LogP contribution in [0.1, 0.15) is 38.3 Å². The van der Waals surface area contributed by atoms with Gasteiger partial charge in [-0.2, -0.15) is 0 Å². The van der Waals surface area contributed by atoms with Gasteiger partial charge in [-0.05, 0) is 18.1 Å². The highest BCUT2D eigenvalue weighted by molar-refractivity contribution is 5.29. The number of pyridine rings is 1. The van der Waals surface area contributed by atoms with Crippen LogP contribution in [0.2, 0.25) is 0 Å². The third-order valence-corrected chi connectivity index (χ3v) is 2.81. The van der Waals surface area contributed by atoms with Crippen molar-refractivity contribution >= 4 is 0 Å². The lowest BCUT2D eigenvalue weighted by Crippen LogP contribution is -2.26.